The Hall–Kier alpha value is -2.25. The fourth-order valence-electron chi connectivity index (χ4n) is 3.74. The summed E-state index contributed by atoms with van der Waals surface area (Å²) in [7, 11) is 0. The molecule has 1 N–H and O–H groups in total. The van der Waals surface area contributed by atoms with Crippen LogP contribution in [0.15, 0.2) is 29.1 Å². The molecule has 1 atom stereocenters. The van der Waals surface area contributed by atoms with Crippen LogP contribution in [0.1, 0.15) is 31.5 Å². The largest absolute Gasteiger partial charge is 0.353 e. The summed E-state index contributed by atoms with van der Waals surface area (Å²) in [6, 6.07) is 7.23. The molecule has 2 aromatic heterocycles. The predicted molar refractivity (Wildman–Crippen MR) is 110 cm³/mol. The van der Waals surface area contributed by atoms with Crippen molar-refractivity contribution in [2.24, 2.45) is 0 Å². The van der Waals surface area contributed by atoms with E-state index in [-0.39, 0.29) is 11.5 Å². The van der Waals surface area contributed by atoms with Crippen molar-refractivity contribution in [1.82, 2.24) is 20.0 Å². The number of hydrogen-bond donors (Lipinski definition) is 1. The second-order valence-electron chi connectivity index (χ2n) is 7.15. The third-order valence-corrected chi connectivity index (χ3v) is 6.56. The van der Waals surface area contributed by atoms with Gasteiger partial charge in [-0.2, -0.15) is 5.10 Å². The molecule has 1 saturated heterocycles. The van der Waals surface area contributed by atoms with E-state index in [0.717, 1.165) is 40.1 Å². The molecule has 0 radical (unpaired) electrons. The number of hydrogen-bond acceptors (Lipinski definition) is 5. The second-order valence-corrected chi connectivity index (χ2v) is 8.21. The van der Waals surface area contributed by atoms with Crippen LogP contribution in [0.3, 0.4) is 0 Å². The van der Waals surface area contributed by atoms with E-state index < -0.39 is 6.04 Å². The minimum Gasteiger partial charge on any atom is -0.353 e. The molecule has 1 aromatic carbocycles. The molecule has 0 saturated carbocycles. The molecular weight excluding hydrogens is 360 g/mol. The molecule has 7 heteroatoms. The number of carbonyl (C=O) groups is 1. The monoisotopic (exact) mass is 384 g/mol. The third-order valence-electron chi connectivity index (χ3n) is 5.28. The lowest BCUT2D eigenvalue weighted by molar-refractivity contribution is -0.124. The Morgan fingerprint density at radius 2 is 2.04 bits per heavy atom. The van der Waals surface area contributed by atoms with Crippen molar-refractivity contribution < 1.29 is 4.79 Å². The van der Waals surface area contributed by atoms with Gasteiger partial charge in [-0.05, 0) is 45.8 Å². The van der Waals surface area contributed by atoms with Crippen molar-refractivity contribution in [3.05, 3.63) is 40.3 Å². The average molecular weight is 385 g/mol. The second kappa shape index (κ2) is 7.40. The topological polar surface area (TPSA) is 67.2 Å². The number of aromatic nitrogens is 2. The van der Waals surface area contributed by atoms with Crippen molar-refractivity contribution >= 4 is 37.4 Å². The molecule has 1 aliphatic rings. The first-order valence-electron chi connectivity index (χ1n) is 9.47. The van der Waals surface area contributed by atoms with Crippen LogP contribution in [0.5, 0.6) is 0 Å². The van der Waals surface area contributed by atoms with Gasteiger partial charge in [0.2, 0.25) is 5.91 Å². The smallest absolute Gasteiger partial charge is 0.276 e. The number of likely N-dealkylation sites (tertiary alicyclic amines) is 1. The zero-order valence-corrected chi connectivity index (χ0v) is 16.5. The zero-order chi connectivity index (χ0) is 19.0. The van der Waals surface area contributed by atoms with Crippen LogP contribution in [0.4, 0.5) is 0 Å². The molecule has 1 aliphatic heterocycles. The molecule has 3 aromatic rings. The van der Waals surface area contributed by atoms with Gasteiger partial charge >= 0.3 is 0 Å². The molecular formula is C20H24N4O2S. The Morgan fingerprint density at radius 3 is 2.81 bits per heavy atom. The molecule has 27 heavy (non-hydrogen) atoms. The maximum absolute atomic E-state index is 13.1. The number of nitrogens with one attached hydrogen (secondary N) is 1. The van der Waals surface area contributed by atoms with E-state index in [1.54, 1.807) is 18.3 Å². The van der Waals surface area contributed by atoms with Crippen molar-refractivity contribution in [2.45, 2.75) is 32.7 Å². The highest BCUT2D eigenvalue weighted by Gasteiger charge is 2.22. The highest BCUT2D eigenvalue weighted by molar-refractivity contribution is 7.26. The third kappa shape index (κ3) is 3.37. The summed E-state index contributed by atoms with van der Waals surface area (Å²) >= 11 is 1.58. The van der Waals surface area contributed by atoms with E-state index in [2.05, 4.69) is 15.3 Å². The normalized spacial score (nSPS) is 16.2. The van der Waals surface area contributed by atoms with Crippen molar-refractivity contribution in [1.29, 1.82) is 0 Å². The Kier molecular flexibility index (Phi) is 4.97. The zero-order valence-electron chi connectivity index (χ0n) is 15.7. The van der Waals surface area contributed by atoms with Crippen molar-refractivity contribution in [2.75, 3.05) is 26.2 Å². The Bertz CT molecular complexity index is 1050. The lowest BCUT2D eigenvalue weighted by Crippen LogP contribution is -2.40. The Labute approximate surface area is 161 Å². The number of rotatable bonds is 5. The molecule has 0 aliphatic carbocycles. The predicted octanol–water partition coefficient (Wildman–Crippen LogP) is 2.69. The van der Waals surface area contributed by atoms with E-state index in [0.29, 0.717) is 11.9 Å². The molecule has 1 amide bonds. The van der Waals surface area contributed by atoms with Crippen LogP contribution in [-0.2, 0) is 4.79 Å². The highest BCUT2D eigenvalue weighted by Crippen LogP contribution is 2.32. The van der Waals surface area contributed by atoms with Crippen LogP contribution < -0.4 is 10.9 Å². The first kappa shape index (κ1) is 18.1. The Balaban J connectivity index is 1.60. The first-order valence-corrected chi connectivity index (χ1v) is 10.3. The summed E-state index contributed by atoms with van der Waals surface area (Å²) in [6.45, 7) is 7.29. The quantitative estimate of drug-likeness (QED) is 0.734. The van der Waals surface area contributed by atoms with Crippen molar-refractivity contribution in [3.63, 3.8) is 0 Å². The van der Waals surface area contributed by atoms with E-state index in [1.165, 1.54) is 17.5 Å². The number of amides is 1. The molecule has 0 spiro atoms. The number of benzene rings is 1. The van der Waals surface area contributed by atoms with E-state index in [4.69, 9.17) is 0 Å². The van der Waals surface area contributed by atoms with Gasteiger partial charge in [-0.3, -0.25) is 9.59 Å². The van der Waals surface area contributed by atoms with Gasteiger partial charge in [0.15, 0.2) is 0 Å². The number of fused-ring (bicyclic) bond motifs is 3. The van der Waals surface area contributed by atoms with Gasteiger partial charge in [0.05, 0.1) is 15.8 Å². The molecule has 0 unspecified atom stereocenters. The van der Waals surface area contributed by atoms with Crippen LogP contribution >= 0.6 is 11.3 Å². The van der Waals surface area contributed by atoms with Gasteiger partial charge in [-0.1, -0.05) is 18.2 Å². The standard InChI is InChI=1S/C20H24N4O2S/c1-13-18-17(15-7-3-4-8-16(15)27-18)20(26)24(22-13)14(2)19(25)21-9-12-23-10-5-6-11-23/h3-4,7-8,14H,5-6,9-12H2,1-2H3,(H,21,25)/t14-/m1/s1. The van der Waals surface area contributed by atoms with Gasteiger partial charge in [0.1, 0.15) is 6.04 Å². The summed E-state index contributed by atoms with van der Waals surface area (Å²) < 4.78 is 3.30. The van der Waals surface area contributed by atoms with Crippen LogP contribution in [-0.4, -0.2) is 46.8 Å². The number of thiophene rings is 1. The number of carbonyl (C=O) groups excluding carboxylic acids is 1. The summed E-state index contributed by atoms with van der Waals surface area (Å²) in [5, 5.41) is 9.00. The van der Waals surface area contributed by atoms with E-state index in [9.17, 15) is 9.59 Å². The fourth-order valence-corrected chi connectivity index (χ4v) is 4.88. The lowest BCUT2D eigenvalue weighted by atomic mass is 10.2. The summed E-state index contributed by atoms with van der Waals surface area (Å²) in [5.74, 6) is -0.165. The Morgan fingerprint density at radius 1 is 1.30 bits per heavy atom. The van der Waals surface area contributed by atoms with Gasteiger partial charge in [0.25, 0.3) is 5.56 Å². The minimum absolute atomic E-state index is 0.165. The fraction of sp³-hybridized carbons (Fsp3) is 0.450. The summed E-state index contributed by atoms with van der Waals surface area (Å²) in [6.07, 6.45) is 2.47. The van der Waals surface area contributed by atoms with Gasteiger partial charge in [-0.25, -0.2) is 4.68 Å². The van der Waals surface area contributed by atoms with Gasteiger partial charge in [-0.15, -0.1) is 11.3 Å². The summed E-state index contributed by atoms with van der Waals surface area (Å²) in [5.41, 5.74) is 0.581. The van der Waals surface area contributed by atoms with Crippen LogP contribution in [0, 0.1) is 6.92 Å². The van der Waals surface area contributed by atoms with Crippen LogP contribution in [0.2, 0.25) is 0 Å². The summed E-state index contributed by atoms with van der Waals surface area (Å²) in [4.78, 5) is 28.0. The average Bonchev–Trinajstić information content (AvgIpc) is 3.31. The van der Waals surface area contributed by atoms with Gasteiger partial charge in [0, 0.05) is 23.2 Å². The van der Waals surface area contributed by atoms with E-state index >= 15 is 0 Å². The SMILES string of the molecule is Cc1nn([C@H](C)C(=O)NCCN2CCCC2)c(=O)c2c1sc1ccccc12. The molecule has 6 nitrogen and oxygen atoms in total. The maximum atomic E-state index is 13.1. The molecule has 0 bridgehead atoms. The highest BCUT2D eigenvalue weighted by atomic mass is 32.1. The lowest BCUT2D eigenvalue weighted by Gasteiger charge is -2.18. The number of aryl methyl sites for hydroxylation is 1. The minimum atomic E-state index is -0.641. The first-order chi connectivity index (χ1) is 13.1. The molecule has 142 valence electrons. The van der Waals surface area contributed by atoms with E-state index in [1.807, 2.05) is 31.2 Å². The van der Waals surface area contributed by atoms with Gasteiger partial charge < -0.3 is 10.2 Å². The molecule has 4 rings (SSSR count). The molecule has 3 heterocycles. The number of nitrogens with zero attached hydrogens (tertiary/aromatic N) is 3. The van der Waals surface area contributed by atoms with Crippen molar-refractivity contribution in [3.8, 4) is 0 Å². The maximum Gasteiger partial charge on any atom is 0.276 e. The molecule has 1 fully saturated rings. The van der Waals surface area contributed by atoms with Crippen LogP contribution in [0.25, 0.3) is 20.2 Å².